The Morgan fingerprint density at radius 3 is 2.50 bits per heavy atom. The molecular formula is C11H19O. The van der Waals surface area contributed by atoms with Crippen LogP contribution in [-0.2, 0) is 4.74 Å². The van der Waals surface area contributed by atoms with Gasteiger partial charge >= 0.3 is 0 Å². The summed E-state index contributed by atoms with van der Waals surface area (Å²) in [5, 5.41) is 0. The zero-order chi connectivity index (χ0) is 8.39. The first kappa shape index (κ1) is 8.55. The van der Waals surface area contributed by atoms with Gasteiger partial charge in [-0.1, -0.05) is 19.8 Å². The first-order valence-corrected chi connectivity index (χ1v) is 5.32. The third kappa shape index (κ3) is 1.82. The molecule has 1 aliphatic heterocycles. The molecule has 0 aromatic carbocycles. The van der Waals surface area contributed by atoms with Gasteiger partial charge in [-0.05, 0) is 37.5 Å². The lowest BCUT2D eigenvalue weighted by Crippen LogP contribution is -2.35. The molecule has 12 heavy (non-hydrogen) atoms. The minimum atomic E-state index is 0.629. The molecule has 1 heterocycles. The molecule has 0 spiro atoms. The lowest BCUT2D eigenvalue weighted by molar-refractivity contribution is -0.0919. The molecule has 1 heteroatoms. The summed E-state index contributed by atoms with van der Waals surface area (Å²) in [6, 6.07) is 0. The summed E-state index contributed by atoms with van der Waals surface area (Å²) < 4.78 is 5.57. The normalized spacial score (nSPS) is 31.2. The summed E-state index contributed by atoms with van der Waals surface area (Å²) in [7, 11) is 0. The van der Waals surface area contributed by atoms with E-state index in [0.29, 0.717) is 6.10 Å². The second-order valence-electron chi connectivity index (χ2n) is 4.19. The van der Waals surface area contributed by atoms with E-state index in [1.165, 1.54) is 32.1 Å². The van der Waals surface area contributed by atoms with E-state index in [4.69, 9.17) is 4.74 Å². The van der Waals surface area contributed by atoms with Crippen LogP contribution in [0.2, 0.25) is 0 Å². The predicted octanol–water partition coefficient (Wildman–Crippen LogP) is 2.81. The molecule has 0 aromatic rings. The summed E-state index contributed by atoms with van der Waals surface area (Å²) >= 11 is 0. The van der Waals surface area contributed by atoms with Gasteiger partial charge in [-0.25, -0.2) is 0 Å². The molecule has 1 saturated heterocycles. The second-order valence-corrected chi connectivity index (χ2v) is 4.19. The number of hydrogen-bond donors (Lipinski definition) is 0. The van der Waals surface area contributed by atoms with Crippen LogP contribution >= 0.6 is 0 Å². The fourth-order valence-electron chi connectivity index (χ4n) is 2.22. The number of ether oxygens (including phenoxy) is 1. The van der Waals surface area contributed by atoms with Gasteiger partial charge in [0.2, 0.25) is 0 Å². The average Bonchev–Trinajstić information content (AvgIpc) is 2.75. The smallest absolute Gasteiger partial charge is 0.0627 e. The molecule has 0 amide bonds. The van der Waals surface area contributed by atoms with E-state index in [1.54, 1.807) is 0 Å². The Morgan fingerprint density at radius 2 is 2.08 bits per heavy atom. The fraction of sp³-hybridized carbons (Fsp3) is 0.909. The maximum absolute atomic E-state index is 5.57. The Bertz CT molecular complexity index is 136. The highest BCUT2D eigenvalue weighted by molar-refractivity contribution is 4.88. The first-order valence-electron chi connectivity index (χ1n) is 5.32. The number of rotatable bonds is 5. The van der Waals surface area contributed by atoms with Gasteiger partial charge < -0.3 is 4.74 Å². The Balaban J connectivity index is 1.75. The van der Waals surface area contributed by atoms with Crippen molar-refractivity contribution in [1.82, 2.24) is 0 Å². The monoisotopic (exact) mass is 167 g/mol. The minimum Gasteiger partial charge on any atom is -0.378 e. The van der Waals surface area contributed by atoms with Crippen LogP contribution in [0.4, 0.5) is 0 Å². The SMILES string of the molecule is [CH2]CCCC(C1CC1)C1CCO1. The quantitative estimate of drug-likeness (QED) is 0.612. The molecule has 2 rings (SSSR count). The Labute approximate surface area is 75.5 Å². The van der Waals surface area contributed by atoms with Crippen LogP contribution in [0.15, 0.2) is 0 Å². The van der Waals surface area contributed by atoms with Crippen LogP contribution in [0.5, 0.6) is 0 Å². The summed E-state index contributed by atoms with van der Waals surface area (Å²) in [6.45, 7) is 4.91. The fourth-order valence-corrected chi connectivity index (χ4v) is 2.22. The van der Waals surface area contributed by atoms with Crippen molar-refractivity contribution in [2.45, 2.75) is 44.6 Å². The van der Waals surface area contributed by atoms with E-state index in [-0.39, 0.29) is 0 Å². The molecular weight excluding hydrogens is 148 g/mol. The highest BCUT2D eigenvalue weighted by Crippen LogP contribution is 2.44. The van der Waals surface area contributed by atoms with Crippen molar-refractivity contribution in [1.29, 1.82) is 0 Å². The van der Waals surface area contributed by atoms with Crippen LogP contribution in [0.25, 0.3) is 0 Å². The molecule has 0 N–H and O–H groups in total. The molecule has 1 aliphatic carbocycles. The number of unbranched alkanes of at least 4 members (excludes halogenated alkanes) is 1. The van der Waals surface area contributed by atoms with E-state index < -0.39 is 0 Å². The van der Waals surface area contributed by atoms with Crippen molar-refractivity contribution in [3.05, 3.63) is 6.92 Å². The highest BCUT2D eigenvalue weighted by atomic mass is 16.5. The van der Waals surface area contributed by atoms with E-state index in [2.05, 4.69) is 6.92 Å². The summed E-state index contributed by atoms with van der Waals surface area (Å²) in [6.07, 6.45) is 8.61. The third-order valence-corrected chi connectivity index (χ3v) is 3.23. The molecule has 2 fully saturated rings. The van der Waals surface area contributed by atoms with Crippen molar-refractivity contribution in [3.63, 3.8) is 0 Å². The van der Waals surface area contributed by atoms with Crippen LogP contribution in [-0.4, -0.2) is 12.7 Å². The summed E-state index contributed by atoms with van der Waals surface area (Å²) in [4.78, 5) is 0. The standard InChI is InChI=1S/C11H19O/c1-2-3-4-10(9-5-6-9)11-7-8-12-11/h9-11H,1-8H2. The third-order valence-electron chi connectivity index (χ3n) is 3.23. The van der Waals surface area contributed by atoms with E-state index in [0.717, 1.165) is 24.9 Å². The summed E-state index contributed by atoms with van der Waals surface area (Å²) in [5.74, 6) is 1.90. The van der Waals surface area contributed by atoms with Crippen molar-refractivity contribution in [2.24, 2.45) is 11.8 Å². The van der Waals surface area contributed by atoms with Gasteiger partial charge in [-0.15, -0.1) is 0 Å². The molecule has 0 aromatic heterocycles. The van der Waals surface area contributed by atoms with Crippen LogP contribution in [0.1, 0.15) is 38.5 Å². The lowest BCUT2D eigenvalue weighted by atomic mass is 9.87. The molecule has 2 atom stereocenters. The molecule has 1 radical (unpaired) electrons. The lowest BCUT2D eigenvalue weighted by Gasteiger charge is -2.34. The zero-order valence-corrected chi connectivity index (χ0v) is 7.80. The molecule has 0 bridgehead atoms. The van der Waals surface area contributed by atoms with Crippen molar-refractivity contribution in [3.8, 4) is 0 Å². The predicted molar refractivity (Wildman–Crippen MR) is 49.8 cm³/mol. The zero-order valence-electron chi connectivity index (χ0n) is 7.80. The molecule has 2 aliphatic rings. The van der Waals surface area contributed by atoms with Crippen LogP contribution in [0, 0.1) is 18.8 Å². The Hall–Kier alpha value is -0.0400. The average molecular weight is 167 g/mol. The van der Waals surface area contributed by atoms with Crippen molar-refractivity contribution in [2.75, 3.05) is 6.61 Å². The van der Waals surface area contributed by atoms with Crippen molar-refractivity contribution < 1.29 is 4.74 Å². The van der Waals surface area contributed by atoms with Gasteiger partial charge in [0.05, 0.1) is 6.10 Å². The minimum absolute atomic E-state index is 0.629. The molecule has 1 saturated carbocycles. The van der Waals surface area contributed by atoms with Gasteiger partial charge in [0.25, 0.3) is 0 Å². The van der Waals surface area contributed by atoms with E-state index >= 15 is 0 Å². The Kier molecular flexibility index (Phi) is 2.69. The van der Waals surface area contributed by atoms with Gasteiger partial charge in [0.1, 0.15) is 0 Å². The first-order chi connectivity index (χ1) is 5.92. The van der Waals surface area contributed by atoms with Crippen LogP contribution in [0.3, 0.4) is 0 Å². The maximum atomic E-state index is 5.57. The van der Waals surface area contributed by atoms with Gasteiger partial charge in [-0.2, -0.15) is 0 Å². The van der Waals surface area contributed by atoms with E-state index in [1.807, 2.05) is 0 Å². The second kappa shape index (κ2) is 3.78. The van der Waals surface area contributed by atoms with Crippen LogP contribution < -0.4 is 0 Å². The maximum Gasteiger partial charge on any atom is 0.0627 e. The molecule has 2 unspecified atom stereocenters. The number of hydrogen-bond acceptors (Lipinski definition) is 1. The largest absolute Gasteiger partial charge is 0.378 e. The van der Waals surface area contributed by atoms with Gasteiger partial charge in [0.15, 0.2) is 0 Å². The highest BCUT2D eigenvalue weighted by Gasteiger charge is 2.38. The van der Waals surface area contributed by atoms with Gasteiger partial charge in [-0.3, -0.25) is 0 Å². The topological polar surface area (TPSA) is 9.23 Å². The van der Waals surface area contributed by atoms with E-state index in [9.17, 15) is 0 Å². The Morgan fingerprint density at radius 1 is 1.33 bits per heavy atom. The van der Waals surface area contributed by atoms with Crippen molar-refractivity contribution >= 4 is 0 Å². The van der Waals surface area contributed by atoms with Gasteiger partial charge in [0, 0.05) is 6.61 Å². The molecule has 69 valence electrons. The molecule has 1 nitrogen and oxygen atoms in total. The summed E-state index contributed by atoms with van der Waals surface area (Å²) in [5.41, 5.74) is 0.